The maximum Gasteiger partial charge on any atom is 0.0198 e. The lowest BCUT2D eigenvalue weighted by Gasteiger charge is -2.45. The van der Waals surface area contributed by atoms with Gasteiger partial charge < -0.3 is 0 Å². The molecule has 0 bridgehead atoms. The lowest BCUT2D eigenvalue weighted by Crippen LogP contribution is -2.57. The molecule has 0 aromatic carbocycles. The van der Waals surface area contributed by atoms with E-state index < -0.39 is 0 Å². The van der Waals surface area contributed by atoms with E-state index >= 15 is 0 Å². The van der Waals surface area contributed by atoms with Gasteiger partial charge in [-0.25, -0.2) is 0 Å². The van der Waals surface area contributed by atoms with Crippen LogP contribution < -0.4 is 0 Å². The topological polar surface area (TPSA) is 13.0 Å². The third-order valence-electron chi connectivity index (χ3n) is 7.00. The number of hydrogen-bond donors (Lipinski definition) is 0. The molecule has 26 heavy (non-hydrogen) atoms. The second-order valence-corrected chi connectivity index (χ2v) is 9.63. The summed E-state index contributed by atoms with van der Waals surface area (Å²) in [5.74, 6) is 0. The first-order valence-electron chi connectivity index (χ1n) is 11.2. The van der Waals surface area contributed by atoms with Crippen molar-refractivity contribution in [3.05, 3.63) is 0 Å². The lowest BCUT2D eigenvalue weighted by atomic mass is 10.0. The Morgan fingerprint density at radius 2 is 0.962 bits per heavy atom. The second-order valence-electron chi connectivity index (χ2n) is 9.63. The molecule has 2 fully saturated rings. The molecule has 0 spiro atoms. The molecule has 0 aromatic heterocycles. The van der Waals surface area contributed by atoms with Gasteiger partial charge in [-0.15, -0.1) is 0 Å². The summed E-state index contributed by atoms with van der Waals surface area (Å²) >= 11 is 0. The highest BCUT2D eigenvalue weighted by Crippen LogP contribution is 2.21. The van der Waals surface area contributed by atoms with Crippen LogP contribution in [-0.4, -0.2) is 95.1 Å². The lowest BCUT2D eigenvalue weighted by molar-refractivity contribution is 0.0258. The molecule has 0 aromatic rings. The van der Waals surface area contributed by atoms with E-state index in [2.05, 4.69) is 75.0 Å². The van der Waals surface area contributed by atoms with Gasteiger partial charge in [-0.1, -0.05) is 0 Å². The van der Waals surface area contributed by atoms with Crippen molar-refractivity contribution in [2.24, 2.45) is 0 Å². The summed E-state index contributed by atoms with van der Waals surface area (Å²) in [4.78, 5) is 10.8. The predicted octanol–water partition coefficient (Wildman–Crippen LogP) is 3.37. The zero-order chi connectivity index (χ0) is 19.4. The van der Waals surface area contributed by atoms with Crippen molar-refractivity contribution in [2.75, 3.05) is 39.3 Å². The van der Waals surface area contributed by atoms with Crippen LogP contribution in [0.3, 0.4) is 0 Å². The van der Waals surface area contributed by atoms with Crippen molar-refractivity contribution in [3.63, 3.8) is 0 Å². The van der Waals surface area contributed by atoms with Gasteiger partial charge >= 0.3 is 0 Å². The zero-order valence-corrected chi connectivity index (χ0v) is 18.9. The molecular formula is C22H46N4. The normalized spacial score (nSPS) is 30.2. The van der Waals surface area contributed by atoms with Gasteiger partial charge in [0.2, 0.25) is 0 Å². The number of hydrogen-bond acceptors (Lipinski definition) is 4. The molecule has 0 amide bonds. The van der Waals surface area contributed by atoms with Gasteiger partial charge in [0.25, 0.3) is 0 Å². The molecule has 2 saturated heterocycles. The van der Waals surface area contributed by atoms with E-state index in [-0.39, 0.29) is 0 Å². The Morgan fingerprint density at radius 3 is 1.23 bits per heavy atom. The Labute approximate surface area is 163 Å². The smallest absolute Gasteiger partial charge is 0.0198 e. The minimum Gasteiger partial charge on any atom is -0.298 e. The minimum absolute atomic E-state index is 0.675. The first-order chi connectivity index (χ1) is 12.2. The minimum atomic E-state index is 0.675. The molecule has 0 N–H and O–H groups in total. The van der Waals surface area contributed by atoms with Crippen LogP contribution in [0.1, 0.15) is 68.2 Å². The number of piperazine rings is 2. The summed E-state index contributed by atoms with van der Waals surface area (Å²) in [5, 5.41) is 0. The monoisotopic (exact) mass is 366 g/mol. The molecule has 0 aliphatic carbocycles. The van der Waals surface area contributed by atoms with Gasteiger partial charge in [0.05, 0.1) is 0 Å². The Balaban J connectivity index is 1.74. The van der Waals surface area contributed by atoms with Crippen LogP contribution in [0.4, 0.5) is 0 Å². The summed E-state index contributed by atoms with van der Waals surface area (Å²) in [6.07, 6.45) is 2.66. The Hall–Kier alpha value is -0.160. The fourth-order valence-electron chi connectivity index (χ4n) is 5.18. The fraction of sp³-hybridized carbons (Fsp3) is 1.00. The number of rotatable bonds is 7. The van der Waals surface area contributed by atoms with Crippen LogP contribution in [0.5, 0.6) is 0 Å². The quantitative estimate of drug-likeness (QED) is 0.685. The molecule has 4 heteroatoms. The molecule has 2 aliphatic heterocycles. The van der Waals surface area contributed by atoms with Crippen LogP contribution in [0.25, 0.3) is 0 Å². The highest BCUT2D eigenvalue weighted by Gasteiger charge is 2.30. The maximum absolute atomic E-state index is 2.73. The average Bonchev–Trinajstić information content (AvgIpc) is 2.58. The Bertz CT molecular complexity index is 373. The van der Waals surface area contributed by atoms with E-state index in [9.17, 15) is 0 Å². The first-order valence-corrected chi connectivity index (χ1v) is 11.2. The molecule has 154 valence electrons. The molecule has 2 rings (SSSR count). The Kier molecular flexibility index (Phi) is 8.39. The SMILES string of the molecule is CC(CCC(C)N1CCN(C(C)C)[C@@H](C)C1)N1CCN(C(C)C)[C@H](C)C1. The van der Waals surface area contributed by atoms with Gasteiger partial charge in [0.1, 0.15) is 0 Å². The summed E-state index contributed by atoms with van der Waals surface area (Å²) in [6.45, 7) is 26.4. The average molecular weight is 367 g/mol. The van der Waals surface area contributed by atoms with Gasteiger partial charge in [0, 0.05) is 75.5 Å². The summed E-state index contributed by atoms with van der Waals surface area (Å²) in [5.41, 5.74) is 0. The summed E-state index contributed by atoms with van der Waals surface area (Å²) < 4.78 is 0. The van der Waals surface area contributed by atoms with E-state index in [1.807, 2.05) is 0 Å². The molecule has 2 aliphatic rings. The van der Waals surface area contributed by atoms with Gasteiger partial charge in [0.15, 0.2) is 0 Å². The van der Waals surface area contributed by atoms with Crippen molar-refractivity contribution >= 4 is 0 Å². The van der Waals surface area contributed by atoms with Crippen molar-refractivity contribution < 1.29 is 0 Å². The molecule has 0 radical (unpaired) electrons. The van der Waals surface area contributed by atoms with Crippen LogP contribution in [-0.2, 0) is 0 Å². The van der Waals surface area contributed by atoms with Crippen LogP contribution in [0.2, 0.25) is 0 Å². The van der Waals surface area contributed by atoms with Crippen molar-refractivity contribution in [2.45, 2.75) is 104 Å². The van der Waals surface area contributed by atoms with Crippen molar-refractivity contribution in [1.29, 1.82) is 0 Å². The molecule has 2 heterocycles. The molecule has 2 unspecified atom stereocenters. The molecule has 4 nitrogen and oxygen atoms in total. The highest BCUT2D eigenvalue weighted by atomic mass is 15.3. The molecule has 4 atom stereocenters. The van der Waals surface area contributed by atoms with Crippen LogP contribution in [0, 0.1) is 0 Å². The number of nitrogens with zero attached hydrogens (tertiary/aromatic N) is 4. The summed E-state index contributed by atoms with van der Waals surface area (Å²) in [7, 11) is 0. The maximum atomic E-state index is 2.73. The third-order valence-corrected chi connectivity index (χ3v) is 7.00. The summed E-state index contributed by atoms with van der Waals surface area (Å²) in [6, 6.07) is 4.15. The van der Waals surface area contributed by atoms with E-state index in [0.29, 0.717) is 36.3 Å². The first kappa shape index (κ1) is 22.1. The van der Waals surface area contributed by atoms with E-state index in [0.717, 1.165) is 0 Å². The predicted molar refractivity (Wildman–Crippen MR) is 114 cm³/mol. The largest absolute Gasteiger partial charge is 0.298 e. The molecule has 0 saturated carbocycles. The van der Waals surface area contributed by atoms with E-state index in [1.54, 1.807) is 0 Å². The van der Waals surface area contributed by atoms with Gasteiger partial charge in [-0.05, 0) is 68.2 Å². The standard InChI is InChI=1S/C22H46N4/c1-17(2)25-13-11-23(15-21(25)7)19(5)9-10-20(6)24-12-14-26(18(3)4)22(8)16-24/h17-22H,9-16H2,1-8H3/t19?,20?,21-,22+. The van der Waals surface area contributed by atoms with Crippen LogP contribution in [0.15, 0.2) is 0 Å². The Morgan fingerprint density at radius 1 is 0.615 bits per heavy atom. The van der Waals surface area contributed by atoms with E-state index in [4.69, 9.17) is 0 Å². The van der Waals surface area contributed by atoms with E-state index in [1.165, 1.54) is 52.1 Å². The molecular weight excluding hydrogens is 320 g/mol. The highest BCUT2D eigenvalue weighted by molar-refractivity contribution is 4.86. The van der Waals surface area contributed by atoms with Crippen LogP contribution >= 0.6 is 0 Å². The third kappa shape index (κ3) is 5.67. The van der Waals surface area contributed by atoms with Crippen molar-refractivity contribution in [3.8, 4) is 0 Å². The van der Waals surface area contributed by atoms with Gasteiger partial charge in [-0.2, -0.15) is 0 Å². The fourth-order valence-corrected chi connectivity index (χ4v) is 5.18. The zero-order valence-electron chi connectivity index (χ0n) is 18.9. The van der Waals surface area contributed by atoms with Gasteiger partial charge in [-0.3, -0.25) is 19.6 Å². The second kappa shape index (κ2) is 9.86. The van der Waals surface area contributed by atoms with Crippen molar-refractivity contribution in [1.82, 2.24) is 19.6 Å².